The molecule has 0 atom stereocenters. The molecule has 1 aliphatic rings. The number of ether oxygens (including phenoxy) is 1. The van der Waals surface area contributed by atoms with Crippen LogP contribution in [0.5, 0.6) is 0 Å². The van der Waals surface area contributed by atoms with E-state index in [1.807, 2.05) is 54.8 Å². The second kappa shape index (κ2) is 10.3. The maximum Gasteiger partial charge on any atom is 0.331 e. The third-order valence-corrected chi connectivity index (χ3v) is 5.93. The fraction of sp³-hybridized carbons (Fsp3) is 0.333. The van der Waals surface area contributed by atoms with E-state index in [9.17, 15) is 9.59 Å². The maximum absolute atomic E-state index is 12.3. The minimum atomic E-state index is -0.513. The van der Waals surface area contributed by atoms with Gasteiger partial charge >= 0.3 is 5.97 Å². The van der Waals surface area contributed by atoms with Gasteiger partial charge < -0.3 is 4.74 Å². The van der Waals surface area contributed by atoms with Crippen molar-refractivity contribution in [1.29, 1.82) is 0 Å². The van der Waals surface area contributed by atoms with E-state index in [1.165, 1.54) is 48.6 Å². The molecule has 1 fully saturated rings. The van der Waals surface area contributed by atoms with Crippen molar-refractivity contribution >= 4 is 29.6 Å². The average Bonchev–Trinajstić information content (AvgIpc) is 2.77. The van der Waals surface area contributed by atoms with Gasteiger partial charge in [-0.2, -0.15) is 0 Å². The molecule has 1 saturated carbocycles. The fourth-order valence-corrected chi connectivity index (χ4v) is 3.93. The van der Waals surface area contributed by atoms with E-state index in [0.717, 1.165) is 5.56 Å². The average molecular weight is 395 g/mol. The van der Waals surface area contributed by atoms with Crippen LogP contribution >= 0.6 is 11.8 Å². The van der Waals surface area contributed by atoms with Crippen molar-refractivity contribution in [2.24, 2.45) is 0 Å². The van der Waals surface area contributed by atoms with Crippen LogP contribution in [0.1, 0.15) is 59.5 Å². The third kappa shape index (κ3) is 5.83. The van der Waals surface area contributed by atoms with Crippen molar-refractivity contribution in [1.82, 2.24) is 0 Å². The smallest absolute Gasteiger partial charge is 0.331 e. The Kier molecular flexibility index (Phi) is 7.49. The van der Waals surface area contributed by atoms with Crippen LogP contribution in [0.3, 0.4) is 0 Å². The van der Waals surface area contributed by atoms with Crippen LogP contribution < -0.4 is 0 Å². The van der Waals surface area contributed by atoms with Crippen molar-refractivity contribution in [3.63, 3.8) is 0 Å². The number of thioether (sulfide) groups is 1. The van der Waals surface area contributed by atoms with E-state index in [4.69, 9.17) is 4.74 Å². The van der Waals surface area contributed by atoms with Crippen molar-refractivity contribution in [2.45, 2.75) is 42.9 Å². The summed E-state index contributed by atoms with van der Waals surface area (Å²) in [5, 5.41) is 0. The van der Waals surface area contributed by atoms with E-state index in [-0.39, 0.29) is 12.4 Å². The topological polar surface area (TPSA) is 43.4 Å². The molecule has 0 heterocycles. The Morgan fingerprint density at radius 2 is 1.68 bits per heavy atom. The monoisotopic (exact) mass is 394 g/mol. The van der Waals surface area contributed by atoms with Crippen molar-refractivity contribution < 1.29 is 14.3 Å². The van der Waals surface area contributed by atoms with Gasteiger partial charge in [0.1, 0.15) is 0 Å². The van der Waals surface area contributed by atoms with Gasteiger partial charge in [0.05, 0.1) is 0 Å². The number of hydrogen-bond acceptors (Lipinski definition) is 4. The van der Waals surface area contributed by atoms with Crippen LogP contribution in [0, 0.1) is 0 Å². The molecule has 0 spiro atoms. The Bertz CT molecular complexity index is 816. The SMILES string of the molecule is CSc1ccc(C=CC(=O)OCC(=O)c2ccc(C3CCCCC3)cc2)cc1. The summed E-state index contributed by atoms with van der Waals surface area (Å²) in [4.78, 5) is 25.3. The molecule has 2 aromatic rings. The molecule has 2 aromatic carbocycles. The molecule has 0 unspecified atom stereocenters. The van der Waals surface area contributed by atoms with E-state index in [0.29, 0.717) is 11.5 Å². The predicted octanol–water partition coefficient (Wildman–Crippen LogP) is 5.90. The molecule has 1 aliphatic carbocycles. The van der Waals surface area contributed by atoms with E-state index < -0.39 is 5.97 Å². The lowest BCUT2D eigenvalue weighted by molar-refractivity contribution is -0.136. The first kappa shape index (κ1) is 20.4. The highest BCUT2D eigenvalue weighted by Gasteiger charge is 2.16. The van der Waals surface area contributed by atoms with Gasteiger partial charge in [0.2, 0.25) is 0 Å². The summed E-state index contributed by atoms with van der Waals surface area (Å²) < 4.78 is 5.09. The van der Waals surface area contributed by atoms with Crippen LogP contribution in [0.4, 0.5) is 0 Å². The highest BCUT2D eigenvalue weighted by Crippen LogP contribution is 2.32. The molecular weight excluding hydrogens is 368 g/mol. The van der Waals surface area contributed by atoms with Gasteiger partial charge in [-0.25, -0.2) is 4.79 Å². The zero-order valence-corrected chi connectivity index (χ0v) is 17.0. The number of rotatable bonds is 7. The molecule has 0 aliphatic heterocycles. The summed E-state index contributed by atoms with van der Waals surface area (Å²) in [5.74, 6) is -0.0757. The fourth-order valence-electron chi connectivity index (χ4n) is 3.52. The zero-order chi connectivity index (χ0) is 19.8. The van der Waals surface area contributed by atoms with Gasteiger partial charge in [0, 0.05) is 16.5 Å². The molecule has 3 nitrogen and oxygen atoms in total. The summed E-state index contributed by atoms with van der Waals surface area (Å²) >= 11 is 1.67. The van der Waals surface area contributed by atoms with Gasteiger partial charge in [-0.3, -0.25) is 4.79 Å². The maximum atomic E-state index is 12.3. The number of Topliss-reactive ketones (excluding diaryl/α,β-unsaturated/α-hetero) is 1. The Labute approximate surface area is 171 Å². The van der Waals surface area contributed by atoms with Gasteiger partial charge in [0.15, 0.2) is 12.4 Å². The molecule has 3 rings (SSSR count). The molecule has 4 heteroatoms. The van der Waals surface area contributed by atoms with Crippen molar-refractivity contribution in [2.75, 3.05) is 12.9 Å². The number of hydrogen-bond donors (Lipinski definition) is 0. The van der Waals surface area contributed by atoms with E-state index >= 15 is 0 Å². The van der Waals surface area contributed by atoms with E-state index in [2.05, 4.69) is 0 Å². The number of carbonyl (C=O) groups is 2. The number of benzene rings is 2. The highest BCUT2D eigenvalue weighted by molar-refractivity contribution is 7.98. The molecule has 146 valence electrons. The van der Waals surface area contributed by atoms with Crippen LogP contribution in [-0.2, 0) is 9.53 Å². The lowest BCUT2D eigenvalue weighted by Crippen LogP contribution is -2.13. The summed E-state index contributed by atoms with van der Waals surface area (Å²) in [7, 11) is 0. The molecule has 0 aromatic heterocycles. The van der Waals surface area contributed by atoms with Crippen molar-refractivity contribution in [3.05, 3.63) is 71.3 Å². The van der Waals surface area contributed by atoms with Gasteiger partial charge in [-0.1, -0.05) is 55.7 Å². The summed E-state index contributed by atoms with van der Waals surface area (Å²) in [5.41, 5.74) is 2.81. The first-order valence-electron chi connectivity index (χ1n) is 9.78. The number of ketones is 1. The van der Waals surface area contributed by atoms with Crippen LogP contribution in [0.25, 0.3) is 6.08 Å². The second-order valence-electron chi connectivity index (χ2n) is 7.09. The number of esters is 1. The predicted molar refractivity (Wildman–Crippen MR) is 115 cm³/mol. The molecule has 28 heavy (non-hydrogen) atoms. The van der Waals surface area contributed by atoms with Crippen molar-refractivity contribution in [3.8, 4) is 0 Å². The molecule has 0 bridgehead atoms. The Morgan fingerprint density at radius 3 is 2.32 bits per heavy atom. The van der Waals surface area contributed by atoms with Gasteiger partial charge in [-0.15, -0.1) is 11.8 Å². The first-order chi connectivity index (χ1) is 13.7. The zero-order valence-electron chi connectivity index (χ0n) is 16.2. The van der Waals surface area contributed by atoms with Gasteiger partial charge in [0.25, 0.3) is 0 Å². The molecule has 0 N–H and O–H groups in total. The quantitative estimate of drug-likeness (QED) is 0.254. The first-order valence-corrected chi connectivity index (χ1v) is 11.0. The molecular formula is C24H26O3S. The number of carbonyl (C=O) groups excluding carboxylic acids is 2. The summed E-state index contributed by atoms with van der Waals surface area (Å²) in [6, 6.07) is 15.7. The lowest BCUT2D eigenvalue weighted by Gasteiger charge is -2.22. The molecule has 0 saturated heterocycles. The second-order valence-corrected chi connectivity index (χ2v) is 7.97. The third-order valence-electron chi connectivity index (χ3n) is 5.18. The van der Waals surface area contributed by atoms with Crippen LogP contribution in [-0.4, -0.2) is 24.6 Å². The van der Waals surface area contributed by atoms with E-state index in [1.54, 1.807) is 17.8 Å². The Morgan fingerprint density at radius 1 is 1.00 bits per heavy atom. The van der Waals surface area contributed by atoms with Gasteiger partial charge in [-0.05, 0) is 54.4 Å². The normalized spacial score (nSPS) is 14.9. The minimum absolute atomic E-state index is 0.179. The van der Waals surface area contributed by atoms with Crippen LogP contribution in [0.2, 0.25) is 0 Å². The molecule has 0 radical (unpaired) electrons. The Balaban J connectivity index is 1.48. The largest absolute Gasteiger partial charge is 0.454 e. The Hall–Kier alpha value is -2.33. The highest BCUT2D eigenvalue weighted by atomic mass is 32.2. The lowest BCUT2D eigenvalue weighted by atomic mass is 9.84. The summed E-state index contributed by atoms with van der Waals surface area (Å²) in [6.45, 7) is -0.239. The standard InChI is InChI=1S/C24H26O3S/c1-28-22-14-7-18(8-15-22)9-16-24(26)27-17-23(25)21-12-10-20(11-13-21)19-5-3-2-4-6-19/h7-16,19H,2-6,17H2,1H3. The summed E-state index contributed by atoms with van der Waals surface area (Å²) in [6.07, 6.45) is 11.4. The molecule has 0 amide bonds. The minimum Gasteiger partial charge on any atom is -0.454 e. The van der Waals surface area contributed by atoms with Crippen LogP contribution in [0.15, 0.2) is 59.5 Å².